The fraction of sp³-hybridized carbons (Fsp3) is 0.471. The second kappa shape index (κ2) is 8.96. The molecule has 0 unspecified atom stereocenters. The third kappa shape index (κ3) is 8.18. The van der Waals surface area contributed by atoms with Crippen LogP contribution in [0.25, 0.3) is 0 Å². The number of sulfonamides is 1. The second-order valence-corrected chi connectivity index (χ2v) is 8.75. The van der Waals surface area contributed by atoms with Crippen molar-refractivity contribution in [3.05, 3.63) is 29.3 Å². The molecule has 0 aliphatic rings. The van der Waals surface area contributed by atoms with Crippen molar-refractivity contribution >= 4 is 27.9 Å². The van der Waals surface area contributed by atoms with Crippen molar-refractivity contribution in [1.82, 2.24) is 15.4 Å². The van der Waals surface area contributed by atoms with Gasteiger partial charge in [0.2, 0.25) is 10.0 Å². The Hall–Kier alpha value is -2.46. The van der Waals surface area contributed by atoms with Crippen molar-refractivity contribution in [3.63, 3.8) is 0 Å². The number of carbonyl (C=O) groups excluding carboxylic acids is 3. The van der Waals surface area contributed by atoms with E-state index in [1.165, 1.54) is 12.1 Å². The van der Waals surface area contributed by atoms with E-state index in [1.807, 2.05) is 12.2 Å². The summed E-state index contributed by atoms with van der Waals surface area (Å²) in [5.41, 5.74) is 1.20. The molecule has 0 bridgehead atoms. The SMILES string of the molecule is Cc1ccc(S(=O)(=O)NCC(=O)OCC(=O)NC(=O)NC(C)(C)C)cc1C. The van der Waals surface area contributed by atoms with Gasteiger partial charge in [-0.15, -0.1) is 0 Å². The zero-order valence-electron chi connectivity index (χ0n) is 16.0. The molecule has 1 aromatic carbocycles. The number of urea groups is 1. The summed E-state index contributed by atoms with van der Waals surface area (Å²) in [4.78, 5) is 34.7. The molecular formula is C17H25N3O6S. The van der Waals surface area contributed by atoms with E-state index < -0.39 is 46.6 Å². The Kier molecular flexibility index (Phi) is 7.49. The maximum Gasteiger partial charge on any atom is 0.321 e. The van der Waals surface area contributed by atoms with Gasteiger partial charge in [0.15, 0.2) is 6.61 Å². The molecule has 0 spiro atoms. The number of hydrogen-bond acceptors (Lipinski definition) is 6. The van der Waals surface area contributed by atoms with Crippen molar-refractivity contribution in [2.45, 2.75) is 45.1 Å². The highest BCUT2D eigenvalue weighted by molar-refractivity contribution is 7.89. The molecule has 0 saturated heterocycles. The first-order chi connectivity index (χ1) is 12.3. The summed E-state index contributed by atoms with van der Waals surface area (Å²) in [5.74, 6) is -1.78. The fourth-order valence-electron chi connectivity index (χ4n) is 1.85. The van der Waals surface area contributed by atoms with E-state index in [-0.39, 0.29) is 4.90 Å². The first-order valence-electron chi connectivity index (χ1n) is 8.15. The molecule has 3 amide bonds. The third-order valence-electron chi connectivity index (χ3n) is 3.30. The summed E-state index contributed by atoms with van der Waals surface area (Å²) >= 11 is 0. The highest BCUT2D eigenvalue weighted by atomic mass is 32.2. The summed E-state index contributed by atoms with van der Waals surface area (Å²) in [6.45, 7) is 7.48. The van der Waals surface area contributed by atoms with Crippen LogP contribution in [-0.2, 0) is 24.3 Å². The van der Waals surface area contributed by atoms with Gasteiger partial charge < -0.3 is 10.1 Å². The van der Waals surface area contributed by atoms with E-state index in [0.717, 1.165) is 11.1 Å². The number of nitrogens with one attached hydrogen (secondary N) is 3. The van der Waals surface area contributed by atoms with Crippen LogP contribution in [0.15, 0.2) is 23.1 Å². The van der Waals surface area contributed by atoms with Crippen LogP contribution in [0.1, 0.15) is 31.9 Å². The smallest absolute Gasteiger partial charge is 0.321 e. The largest absolute Gasteiger partial charge is 0.455 e. The van der Waals surface area contributed by atoms with Crippen LogP contribution in [0.2, 0.25) is 0 Å². The predicted molar refractivity (Wildman–Crippen MR) is 98.5 cm³/mol. The summed E-state index contributed by atoms with van der Waals surface area (Å²) in [6, 6.07) is 3.86. The maximum absolute atomic E-state index is 12.2. The van der Waals surface area contributed by atoms with E-state index in [0.29, 0.717) is 0 Å². The molecule has 0 radical (unpaired) electrons. The summed E-state index contributed by atoms with van der Waals surface area (Å²) in [6.07, 6.45) is 0. The average Bonchev–Trinajstić information content (AvgIpc) is 2.51. The molecule has 0 atom stereocenters. The summed E-state index contributed by atoms with van der Waals surface area (Å²) in [5, 5.41) is 4.50. The average molecular weight is 399 g/mol. The lowest BCUT2D eigenvalue weighted by atomic mass is 10.1. The lowest BCUT2D eigenvalue weighted by molar-refractivity contribution is -0.147. The molecule has 0 aliphatic heterocycles. The Labute approximate surface area is 158 Å². The number of imide groups is 1. The number of hydrogen-bond donors (Lipinski definition) is 3. The van der Waals surface area contributed by atoms with Gasteiger partial charge in [-0.3, -0.25) is 14.9 Å². The van der Waals surface area contributed by atoms with Crippen LogP contribution in [0.5, 0.6) is 0 Å². The monoisotopic (exact) mass is 399 g/mol. The molecule has 0 aliphatic carbocycles. The molecule has 1 aromatic rings. The molecule has 0 heterocycles. The van der Waals surface area contributed by atoms with Gasteiger partial charge >= 0.3 is 12.0 Å². The van der Waals surface area contributed by atoms with Gasteiger partial charge in [0.1, 0.15) is 6.54 Å². The number of carbonyl (C=O) groups is 3. The van der Waals surface area contributed by atoms with Crippen LogP contribution < -0.4 is 15.4 Å². The molecule has 150 valence electrons. The van der Waals surface area contributed by atoms with Crippen molar-refractivity contribution in [2.24, 2.45) is 0 Å². The van der Waals surface area contributed by atoms with Crippen LogP contribution in [0.4, 0.5) is 4.79 Å². The molecule has 10 heteroatoms. The molecule has 9 nitrogen and oxygen atoms in total. The minimum atomic E-state index is -3.89. The van der Waals surface area contributed by atoms with Crippen molar-refractivity contribution in [3.8, 4) is 0 Å². The van der Waals surface area contributed by atoms with Crippen LogP contribution in [0, 0.1) is 13.8 Å². The van der Waals surface area contributed by atoms with E-state index >= 15 is 0 Å². The fourth-order valence-corrected chi connectivity index (χ4v) is 2.90. The Morgan fingerprint density at radius 3 is 2.26 bits per heavy atom. The number of ether oxygens (including phenoxy) is 1. The minimum Gasteiger partial charge on any atom is -0.455 e. The maximum atomic E-state index is 12.2. The van der Waals surface area contributed by atoms with Gasteiger partial charge in [0, 0.05) is 5.54 Å². The second-order valence-electron chi connectivity index (χ2n) is 6.98. The Bertz CT molecular complexity index is 828. The molecule has 0 aromatic heterocycles. The van der Waals surface area contributed by atoms with Crippen LogP contribution in [0.3, 0.4) is 0 Å². The quantitative estimate of drug-likeness (QED) is 0.605. The first kappa shape index (κ1) is 22.6. The molecule has 1 rings (SSSR count). The van der Waals surface area contributed by atoms with Gasteiger partial charge in [-0.25, -0.2) is 13.2 Å². The molecule has 0 saturated carbocycles. The van der Waals surface area contributed by atoms with Gasteiger partial charge in [-0.1, -0.05) is 6.07 Å². The number of rotatable bonds is 6. The van der Waals surface area contributed by atoms with Crippen molar-refractivity contribution in [2.75, 3.05) is 13.2 Å². The summed E-state index contributed by atoms with van der Waals surface area (Å²) in [7, 11) is -3.89. The number of aryl methyl sites for hydroxylation is 2. The van der Waals surface area contributed by atoms with Gasteiger partial charge in [0.25, 0.3) is 5.91 Å². The zero-order chi connectivity index (χ0) is 20.8. The number of benzene rings is 1. The van der Waals surface area contributed by atoms with E-state index in [4.69, 9.17) is 0 Å². The van der Waals surface area contributed by atoms with E-state index in [9.17, 15) is 22.8 Å². The van der Waals surface area contributed by atoms with Crippen molar-refractivity contribution in [1.29, 1.82) is 0 Å². The number of esters is 1. The van der Waals surface area contributed by atoms with Gasteiger partial charge in [0.05, 0.1) is 4.90 Å². The van der Waals surface area contributed by atoms with Crippen LogP contribution in [-0.4, -0.2) is 45.0 Å². The molecule has 27 heavy (non-hydrogen) atoms. The molecule has 3 N–H and O–H groups in total. The Morgan fingerprint density at radius 1 is 1.07 bits per heavy atom. The highest BCUT2D eigenvalue weighted by Crippen LogP contribution is 2.14. The lowest BCUT2D eigenvalue weighted by Crippen LogP contribution is -2.49. The van der Waals surface area contributed by atoms with Gasteiger partial charge in [-0.2, -0.15) is 4.72 Å². The zero-order valence-corrected chi connectivity index (χ0v) is 16.8. The number of amides is 3. The molecular weight excluding hydrogens is 374 g/mol. The third-order valence-corrected chi connectivity index (χ3v) is 4.70. The van der Waals surface area contributed by atoms with E-state index in [1.54, 1.807) is 33.8 Å². The van der Waals surface area contributed by atoms with Gasteiger partial charge in [-0.05, 0) is 57.9 Å². The minimum absolute atomic E-state index is 0.0231. The lowest BCUT2D eigenvalue weighted by Gasteiger charge is -2.20. The molecule has 0 fully saturated rings. The van der Waals surface area contributed by atoms with Crippen molar-refractivity contribution < 1.29 is 27.5 Å². The standard InChI is InChI=1S/C17H25N3O6S/c1-11-6-7-13(8-12(11)2)27(24,25)18-9-15(22)26-10-14(21)19-16(23)20-17(3,4)5/h6-8,18H,9-10H2,1-5H3,(H2,19,20,21,23). The highest BCUT2D eigenvalue weighted by Gasteiger charge is 2.19. The summed E-state index contributed by atoms with van der Waals surface area (Å²) < 4.78 is 31.1. The normalized spacial score (nSPS) is 11.6. The van der Waals surface area contributed by atoms with Crippen LogP contribution >= 0.6 is 0 Å². The van der Waals surface area contributed by atoms with E-state index in [2.05, 4.69) is 14.8 Å². The Balaban J connectivity index is 2.47. The predicted octanol–water partition coefficient (Wildman–Crippen LogP) is 0.749. The first-order valence-corrected chi connectivity index (χ1v) is 9.63. The topological polar surface area (TPSA) is 131 Å². The Morgan fingerprint density at radius 2 is 1.70 bits per heavy atom.